The molecule has 0 aromatic heterocycles. The first kappa shape index (κ1) is 24.2. The van der Waals surface area contributed by atoms with Gasteiger partial charge in [-0.2, -0.15) is 0 Å². The number of aliphatic hydroxyl groups excluding tert-OH is 1. The van der Waals surface area contributed by atoms with Gasteiger partial charge in [0, 0.05) is 29.0 Å². The Balaban J connectivity index is 0. The second-order valence-electron chi connectivity index (χ2n) is 3.95. The third kappa shape index (κ3) is 9.17. The predicted molar refractivity (Wildman–Crippen MR) is 100 cm³/mol. The van der Waals surface area contributed by atoms with Crippen molar-refractivity contribution >= 4 is 24.0 Å². The van der Waals surface area contributed by atoms with Crippen molar-refractivity contribution < 1.29 is 19.8 Å². The monoisotopic (exact) mass is 353 g/mol. The van der Waals surface area contributed by atoms with Gasteiger partial charge in [-0.1, -0.05) is 56.8 Å². The molecular weight excluding hydrogens is 326 g/mol. The van der Waals surface area contributed by atoms with E-state index in [4.69, 9.17) is 15.9 Å². The highest BCUT2D eigenvalue weighted by Gasteiger charge is 2.11. The number of hydrogen-bond acceptors (Lipinski definition) is 5. The number of nitrogens with two attached hydrogens (primary N) is 1. The van der Waals surface area contributed by atoms with Gasteiger partial charge < -0.3 is 20.7 Å². The van der Waals surface area contributed by atoms with Crippen molar-refractivity contribution in [2.75, 3.05) is 7.11 Å². The van der Waals surface area contributed by atoms with E-state index in [0.717, 1.165) is 18.3 Å². The van der Waals surface area contributed by atoms with Gasteiger partial charge in [0.1, 0.15) is 6.29 Å². The van der Waals surface area contributed by atoms with Gasteiger partial charge in [-0.05, 0) is 18.6 Å². The van der Waals surface area contributed by atoms with Crippen LogP contribution in [-0.2, 0) is 4.79 Å². The maximum absolute atomic E-state index is 11.2. The fraction of sp³-hybridized carbons (Fsp3) is 0.333. The minimum atomic E-state index is -0.973. The van der Waals surface area contributed by atoms with Crippen LogP contribution in [0.1, 0.15) is 44.0 Å². The van der Waals surface area contributed by atoms with Gasteiger partial charge in [0.25, 0.3) is 0 Å². The normalized spacial score (nSPS) is 10.7. The van der Waals surface area contributed by atoms with Crippen molar-refractivity contribution in [3.05, 3.63) is 52.6 Å². The summed E-state index contributed by atoms with van der Waals surface area (Å²) in [6.45, 7) is 5.92. The van der Waals surface area contributed by atoms with Crippen molar-refractivity contribution in [1.29, 1.82) is 0 Å². The first-order valence-electron chi connectivity index (χ1n) is 7.63. The van der Waals surface area contributed by atoms with E-state index in [-0.39, 0.29) is 5.56 Å². The summed E-state index contributed by atoms with van der Waals surface area (Å²) < 4.78 is 0. The molecule has 134 valence electrons. The van der Waals surface area contributed by atoms with E-state index in [2.05, 4.69) is 0 Å². The molecule has 4 N–H and O–H groups in total. The number of carbonyl (C=O) groups is 2. The van der Waals surface area contributed by atoms with E-state index in [0.29, 0.717) is 23.4 Å². The minimum absolute atomic E-state index is 0.239. The highest BCUT2D eigenvalue weighted by Crippen LogP contribution is 2.32. The van der Waals surface area contributed by atoms with Crippen LogP contribution in [0, 0.1) is 0 Å². The number of carbonyl (C=O) groups excluding carboxylic acids is 1. The van der Waals surface area contributed by atoms with Gasteiger partial charge in [-0.15, -0.1) is 0 Å². The van der Waals surface area contributed by atoms with Crippen LogP contribution in [0.4, 0.5) is 0 Å². The number of hydrogen-bond donors (Lipinski definition) is 3. The topological polar surface area (TPSA) is 101 Å². The molecule has 24 heavy (non-hydrogen) atoms. The van der Waals surface area contributed by atoms with Crippen LogP contribution >= 0.6 is 11.8 Å². The van der Waals surface area contributed by atoms with Crippen LogP contribution < -0.4 is 5.73 Å². The number of allylic oxidation sites excluding steroid dienone is 3. The molecule has 6 heteroatoms. The quantitative estimate of drug-likeness (QED) is 0.391. The summed E-state index contributed by atoms with van der Waals surface area (Å²) in [5.74, 6) is -0.973. The standard InChI is InChI=1S/C15H17NO3S.C2H6.CH4O/c1-2-12(16)14(9-5-6-10-17)20-13-8-4-3-7-11(13)15(18)19;2*1-2/h3-5,7-10H,2,6,16H2,1H3,(H,18,19);1-2H3;2H,1H3/b9-5-,14-12-;;. The Bertz CT molecular complexity index is 554. The summed E-state index contributed by atoms with van der Waals surface area (Å²) in [6, 6.07) is 6.76. The molecular formula is C18H27NO4S. The van der Waals surface area contributed by atoms with E-state index >= 15 is 0 Å². The van der Waals surface area contributed by atoms with E-state index in [9.17, 15) is 9.59 Å². The molecule has 0 radical (unpaired) electrons. The molecule has 0 atom stereocenters. The van der Waals surface area contributed by atoms with Gasteiger partial charge in [-0.3, -0.25) is 0 Å². The number of carboxylic acid groups (broad SMARTS) is 1. The zero-order chi connectivity index (χ0) is 19.0. The van der Waals surface area contributed by atoms with Crippen LogP contribution in [0.2, 0.25) is 0 Å². The zero-order valence-corrected chi connectivity index (χ0v) is 15.5. The molecule has 0 spiro atoms. The van der Waals surface area contributed by atoms with Crippen molar-refractivity contribution in [2.45, 2.75) is 38.5 Å². The number of aromatic carboxylic acids is 1. The van der Waals surface area contributed by atoms with E-state index in [1.54, 1.807) is 36.4 Å². The molecule has 0 amide bonds. The summed E-state index contributed by atoms with van der Waals surface area (Å²) in [7, 11) is 1.00. The summed E-state index contributed by atoms with van der Waals surface area (Å²) in [5, 5.41) is 16.2. The number of rotatable bonds is 7. The molecule has 1 aromatic rings. The molecule has 0 heterocycles. The average molecular weight is 353 g/mol. The largest absolute Gasteiger partial charge is 0.478 e. The molecule has 0 aliphatic heterocycles. The molecule has 0 saturated carbocycles. The molecule has 0 aliphatic rings. The molecule has 0 saturated heterocycles. The lowest BCUT2D eigenvalue weighted by Gasteiger charge is -2.09. The predicted octanol–water partition coefficient (Wildman–Crippen LogP) is 3.84. The summed E-state index contributed by atoms with van der Waals surface area (Å²) >= 11 is 1.30. The van der Waals surface area contributed by atoms with Gasteiger partial charge in [-0.25, -0.2) is 4.79 Å². The zero-order valence-electron chi connectivity index (χ0n) is 14.7. The average Bonchev–Trinajstić information content (AvgIpc) is 2.64. The number of carboxylic acids is 1. The Morgan fingerprint density at radius 3 is 2.33 bits per heavy atom. The first-order valence-corrected chi connectivity index (χ1v) is 8.45. The van der Waals surface area contributed by atoms with Crippen LogP contribution in [0.5, 0.6) is 0 Å². The maximum Gasteiger partial charge on any atom is 0.336 e. The van der Waals surface area contributed by atoms with Crippen molar-refractivity contribution in [3.63, 3.8) is 0 Å². The Morgan fingerprint density at radius 2 is 1.83 bits per heavy atom. The number of aldehydes is 1. The van der Waals surface area contributed by atoms with E-state index in [1.807, 2.05) is 20.8 Å². The van der Waals surface area contributed by atoms with Crippen LogP contribution in [0.25, 0.3) is 0 Å². The van der Waals surface area contributed by atoms with Gasteiger partial charge in [0.2, 0.25) is 0 Å². The summed E-state index contributed by atoms with van der Waals surface area (Å²) in [4.78, 5) is 22.9. The number of thioether (sulfide) groups is 1. The molecule has 1 rings (SSSR count). The van der Waals surface area contributed by atoms with Crippen molar-refractivity contribution in [2.24, 2.45) is 5.73 Å². The second-order valence-corrected chi connectivity index (χ2v) is 5.03. The van der Waals surface area contributed by atoms with Crippen LogP contribution in [-0.4, -0.2) is 29.6 Å². The third-order valence-electron chi connectivity index (χ3n) is 2.54. The highest BCUT2D eigenvalue weighted by atomic mass is 32.2. The Morgan fingerprint density at radius 1 is 1.25 bits per heavy atom. The Kier molecular flexibility index (Phi) is 16.0. The molecule has 0 bridgehead atoms. The first-order chi connectivity index (χ1) is 11.6. The van der Waals surface area contributed by atoms with Gasteiger partial charge in [0.05, 0.1) is 5.56 Å². The lowest BCUT2D eigenvalue weighted by molar-refractivity contribution is -0.107. The van der Waals surface area contributed by atoms with Gasteiger partial charge in [0.15, 0.2) is 0 Å². The van der Waals surface area contributed by atoms with Crippen molar-refractivity contribution in [3.8, 4) is 0 Å². The number of aliphatic hydroxyl groups is 1. The Hall–Kier alpha value is -2.05. The molecule has 0 aliphatic carbocycles. The van der Waals surface area contributed by atoms with E-state index in [1.165, 1.54) is 11.8 Å². The van der Waals surface area contributed by atoms with E-state index < -0.39 is 5.97 Å². The highest BCUT2D eigenvalue weighted by molar-refractivity contribution is 8.03. The molecule has 0 unspecified atom stereocenters. The number of benzene rings is 1. The smallest absolute Gasteiger partial charge is 0.336 e. The Labute approximate surface area is 148 Å². The lowest BCUT2D eigenvalue weighted by Crippen LogP contribution is -2.01. The fourth-order valence-electron chi connectivity index (χ4n) is 1.46. The van der Waals surface area contributed by atoms with Crippen LogP contribution in [0.15, 0.2) is 51.9 Å². The third-order valence-corrected chi connectivity index (χ3v) is 3.73. The van der Waals surface area contributed by atoms with Gasteiger partial charge >= 0.3 is 5.97 Å². The van der Waals surface area contributed by atoms with Crippen molar-refractivity contribution in [1.82, 2.24) is 0 Å². The second kappa shape index (κ2) is 15.8. The SMILES string of the molecule is CC.CC/C(N)=C(\C=C/CC=O)Sc1ccccc1C(=O)O.CO. The minimum Gasteiger partial charge on any atom is -0.478 e. The molecule has 1 aromatic carbocycles. The molecule has 0 fully saturated rings. The lowest BCUT2D eigenvalue weighted by atomic mass is 10.2. The summed E-state index contributed by atoms with van der Waals surface area (Å²) in [5.41, 5.74) is 6.85. The van der Waals surface area contributed by atoms with Crippen LogP contribution in [0.3, 0.4) is 0 Å². The maximum atomic E-state index is 11.2. The molecule has 5 nitrogen and oxygen atoms in total. The summed E-state index contributed by atoms with van der Waals surface area (Å²) in [6.07, 6.45) is 5.23. The fourth-order valence-corrected chi connectivity index (χ4v) is 2.55.